The van der Waals surface area contributed by atoms with Crippen LogP contribution in [0.3, 0.4) is 0 Å². The molecule has 2 atom stereocenters. The number of benzene rings is 1. The molecule has 1 heterocycles. The molecular formula is C15H17Cl2NS2. The fourth-order valence-electron chi connectivity index (χ4n) is 1.93. The summed E-state index contributed by atoms with van der Waals surface area (Å²) in [6.45, 7) is 4.24. The van der Waals surface area contributed by atoms with Gasteiger partial charge in [-0.05, 0) is 48.6 Å². The van der Waals surface area contributed by atoms with Crippen molar-refractivity contribution in [2.75, 3.05) is 0 Å². The van der Waals surface area contributed by atoms with Crippen LogP contribution in [0.1, 0.15) is 29.0 Å². The third kappa shape index (κ3) is 3.71. The van der Waals surface area contributed by atoms with E-state index in [0.29, 0.717) is 5.02 Å². The molecule has 0 spiro atoms. The molecule has 2 unspecified atom stereocenters. The van der Waals surface area contributed by atoms with Crippen LogP contribution in [0.25, 0.3) is 0 Å². The molecule has 0 saturated carbocycles. The first kappa shape index (κ1) is 16.2. The van der Waals surface area contributed by atoms with E-state index in [1.165, 1.54) is 10.4 Å². The molecular weight excluding hydrogens is 329 g/mol. The topological polar surface area (TPSA) is 26.0 Å². The van der Waals surface area contributed by atoms with Gasteiger partial charge in [0, 0.05) is 20.8 Å². The average molecular weight is 346 g/mol. The van der Waals surface area contributed by atoms with Crippen molar-refractivity contribution in [3.8, 4) is 0 Å². The maximum absolute atomic E-state index is 6.32. The lowest BCUT2D eigenvalue weighted by atomic mass is 10.1. The van der Waals surface area contributed by atoms with E-state index in [-0.39, 0.29) is 11.3 Å². The van der Waals surface area contributed by atoms with Gasteiger partial charge in [-0.25, -0.2) is 0 Å². The van der Waals surface area contributed by atoms with Gasteiger partial charge in [0.15, 0.2) is 0 Å². The van der Waals surface area contributed by atoms with Gasteiger partial charge in [-0.1, -0.05) is 30.1 Å². The Morgan fingerprint density at radius 2 is 2.05 bits per heavy atom. The second kappa shape index (κ2) is 7.19. The smallest absolute Gasteiger partial charge is 0.0592 e. The number of thioether (sulfide) groups is 1. The number of nitrogens with two attached hydrogens (primary N) is 1. The summed E-state index contributed by atoms with van der Waals surface area (Å²) in [6.07, 6.45) is 0.924. The molecule has 0 amide bonds. The van der Waals surface area contributed by atoms with Crippen LogP contribution in [0.5, 0.6) is 0 Å². The second-order valence-corrected chi connectivity index (χ2v) is 7.63. The van der Waals surface area contributed by atoms with Gasteiger partial charge in [0.25, 0.3) is 0 Å². The van der Waals surface area contributed by atoms with Gasteiger partial charge >= 0.3 is 0 Å². The van der Waals surface area contributed by atoms with E-state index in [1.54, 1.807) is 29.2 Å². The Hall–Kier alpha value is -0.190. The van der Waals surface area contributed by atoms with E-state index in [4.69, 9.17) is 28.9 Å². The summed E-state index contributed by atoms with van der Waals surface area (Å²) in [5, 5.41) is 3.74. The van der Waals surface area contributed by atoms with Crippen molar-refractivity contribution in [2.45, 2.75) is 36.5 Å². The molecule has 1 nitrogen and oxygen atoms in total. The molecule has 0 saturated heterocycles. The Morgan fingerprint density at radius 1 is 1.30 bits per heavy atom. The van der Waals surface area contributed by atoms with E-state index in [9.17, 15) is 0 Å². The molecule has 108 valence electrons. The molecule has 0 fully saturated rings. The number of halogens is 2. The quantitative estimate of drug-likeness (QED) is 0.679. The zero-order valence-electron chi connectivity index (χ0n) is 11.4. The van der Waals surface area contributed by atoms with Crippen molar-refractivity contribution in [3.63, 3.8) is 0 Å². The van der Waals surface area contributed by atoms with Crippen molar-refractivity contribution in [3.05, 3.63) is 50.1 Å². The fraction of sp³-hybridized carbons (Fsp3) is 0.333. The van der Waals surface area contributed by atoms with Crippen LogP contribution in [0.15, 0.2) is 34.5 Å². The Balaban J connectivity index is 2.33. The first-order chi connectivity index (χ1) is 9.52. The van der Waals surface area contributed by atoms with Crippen LogP contribution < -0.4 is 5.73 Å². The van der Waals surface area contributed by atoms with E-state index < -0.39 is 0 Å². The standard InChI is InChI=1S/C15H17Cl2NS2/c1-3-12(18)15(14-9(2)6-7-19-14)20-13-8-10(16)4-5-11(13)17/h4-8,12,15H,3,18H2,1-2H3. The Bertz CT molecular complexity index is 583. The zero-order valence-corrected chi connectivity index (χ0v) is 14.5. The predicted molar refractivity (Wildman–Crippen MR) is 92.4 cm³/mol. The van der Waals surface area contributed by atoms with Crippen molar-refractivity contribution < 1.29 is 0 Å². The number of rotatable bonds is 5. The van der Waals surface area contributed by atoms with Crippen LogP contribution in [0, 0.1) is 6.92 Å². The fourth-order valence-corrected chi connectivity index (χ4v) is 5.02. The molecule has 0 bridgehead atoms. The van der Waals surface area contributed by atoms with Crippen molar-refractivity contribution in [1.29, 1.82) is 0 Å². The third-order valence-corrected chi connectivity index (χ3v) is 6.53. The highest BCUT2D eigenvalue weighted by Gasteiger charge is 2.23. The van der Waals surface area contributed by atoms with Gasteiger partial charge < -0.3 is 5.73 Å². The van der Waals surface area contributed by atoms with E-state index in [0.717, 1.165) is 16.3 Å². The Labute approximate surface area is 138 Å². The monoisotopic (exact) mass is 345 g/mol. The summed E-state index contributed by atoms with van der Waals surface area (Å²) in [5.74, 6) is 0. The van der Waals surface area contributed by atoms with Crippen LogP contribution >= 0.6 is 46.3 Å². The highest BCUT2D eigenvalue weighted by molar-refractivity contribution is 7.99. The minimum atomic E-state index is 0.0902. The van der Waals surface area contributed by atoms with Crippen LogP contribution in [0.2, 0.25) is 10.0 Å². The minimum absolute atomic E-state index is 0.0902. The van der Waals surface area contributed by atoms with E-state index in [2.05, 4.69) is 25.3 Å². The lowest BCUT2D eigenvalue weighted by Crippen LogP contribution is -2.25. The molecule has 1 aromatic heterocycles. The summed E-state index contributed by atoms with van der Waals surface area (Å²) >= 11 is 15.8. The van der Waals surface area contributed by atoms with Crippen molar-refractivity contribution in [1.82, 2.24) is 0 Å². The molecule has 2 aromatic rings. The number of hydrogen-bond acceptors (Lipinski definition) is 3. The second-order valence-electron chi connectivity index (χ2n) is 4.65. The maximum Gasteiger partial charge on any atom is 0.0592 e. The highest BCUT2D eigenvalue weighted by atomic mass is 35.5. The summed E-state index contributed by atoms with van der Waals surface area (Å²) < 4.78 is 0. The molecule has 20 heavy (non-hydrogen) atoms. The molecule has 0 aliphatic rings. The normalized spacial score (nSPS) is 14.2. The average Bonchev–Trinajstić information content (AvgIpc) is 2.85. The number of aryl methyl sites for hydroxylation is 1. The van der Waals surface area contributed by atoms with Crippen molar-refractivity contribution >= 4 is 46.3 Å². The molecule has 0 aliphatic carbocycles. The first-order valence-electron chi connectivity index (χ1n) is 6.44. The van der Waals surface area contributed by atoms with E-state index >= 15 is 0 Å². The lowest BCUT2D eigenvalue weighted by Gasteiger charge is -2.23. The maximum atomic E-state index is 6.32. The molecule has 2 rings (SSSR count). The molecule has 5 heteroatoms. The first-order valence-corrected chi connectivity index (χ1v) is 8.95. The van der Waals surface area contributed by atoms with Gasteiger partial charge in [0.2, 0.25) is 0 Å². The SMILES string of the molecule is CCC(N)C(Sc1cc(Cl)ccc1Cl)c1sccc1C. The lowest BCUT2D eigenvalue weighted by molar-refractivity contribution is 0.638. The van der Waals surface area contributed by atoms with Crippen LogP contribution in [-0.2, 0) is 0 Å². The molecule has 2 N–H and O–H groups in total. The zero-order chi connectivity index (χ0) is 14.7. The summed E-state index contributed by atoms with van der Waals surface area (Å²) in [7, 11) is 0. The highest BCUT2D eigenvalue weighted by Crippen LogP contribution is 2.44. The summed E-state index contributed by atoms with van der Waals surface area (Å²) in [5.41, 5.74) is 7.61. The Kier molecular flexibility index (Phi) is 5.82. The number of hydrogen-bond donors (Lipinski definition) is 1. The van der Waals surface area contributed by atoms with Crippen LogP contribution in [-0.4, -0.2) is 6.04 Å². The minimum Gasteiger partial charge on any atom is -0.326 e. The molecule has 1 aromatic carbocycles. The van der Waals surface area contributed by atoms with Gasteiger partial charge in [-0.15, -0.1) is 23.1 Å². The molecule has 0 radical (unpaired) electrons. The van der Waals surface area contributed by atoms with Gasteiger partial charge in [-0.2, -0.15) is 0 Å². The third-order valence-electron chi connectivity index (χ3n) is 3.17. The van der Waals surface area contributed by atoms with Gasteiger partial charge in [-0.3, -0.25) is 0 Å². The van der Waals surface area contributed by atoms with Crippen molar-refractivity contribution in [2.24, 2.45) is 5.73 Å². The van der Waals surface area contributed by atoms with E-state index in [1.807, 2.05) is 12.1 Å². The van der Waals surface area contributed by atoms with Gasteiger partial charge in [0.05, 0.1) is 10.3 Å². The van der Waals surface area contributed by atoms with Crippen LogP contribution in [0.4, 0.5) is 0 Å². The summed E-state index contributed by atoms with van der Waals surface area (Å²) in [4.78, 5) is 2.31. The van der Waals surface area contributed by atoms with Gasteiger partial charge in [0.1, 0.15) is 0 Å². The largest absolute Gasteiger partial charge is 0.326 e. The predicted octanol–water partition coefficient (Wildman–Crippen LogP) is 5.93. The number of thiophene rings is 1. The Morgan fingerprint density at radius 3 is 2.65 bits per heavy atom. The molecule has 0 aliphatic heterocycles. The summed E-state index contributed by atoms with van der Waals surface area (Å²) in [6, 6.07) is 7.77.